The molecule has 0 saturated heterocycles. The predicted molar refractivity (Wildman–Crippen MR) is 79.4 cm³/mol. The Morgan fingerprint density at radius 1 is 0.905 bits per heavy atom. The molecule has 0 spiro atoms. The van der Waals surface area contributed by atoms with E-state index < -0.39 is 11.7 Å². The molecule has 0 N–H and O–H groups in total. The smallest absolute Gasteiger partial charge is 0.166 e. The van der Waals surface area contributed by atoms with Gasteiger partial charge in [-0.25, -0.2) is 0 Å². The molecule has 2 aromatic carbocycles. The van der Waals surface area contributed by atoms with Crippen molar-refractivity contribution in [2.45, 2.75) is 30.8 Å². The first-order chi connectivity index (χ1) is 9.97. The summed E-state index contributed by atoms with van der Waals surface area (Å²) in [6.45, 7) is 0. The first-order valence-electron chi connectivity index (χ1n) is 6.82. The van der Waals surface area contributed by atoms with Crippen LogP contribution in [0.5, 0.6) is 0 Å². The monoisotopic (exact) mass is 312 g/mol. The lowest BCUT2D eigenvalue weighted by molar-refractivity contribution is -0.137. The third-order valence-electron chi connectivity index (χ3n) is 3.37. The van der Waals surface area contributed by atoms with Crippen molar-refractivity contribution in [1.82, 2.24) is 0 Å². The van der Waals surface area contributed by atoms with Gasteiger partial charge in [0.2, 0.25) is 0 Å². The number of alkyl halides is 4. The fourth-order valence-electron chi connectivity index (χ4n) is 2.17. The van der Waals surface area contributed by atoms with E-state index >= 15 is 0 Å². The fourth-order valence-corrected chi connectivity index (χ4v) is 2.47. The molecule has 0 heterocycles. The van der Waals surface area contributed by atoms with E-state index in [1.807, 2.05) is 30.3 Å². The summed E-state index contributed by atoms with van der Waals surface area (Å²) in [4.78, 5) is 0. The SMILES string of the molecule is FC(F)(F)c1ccc(CCCC(Cl)c2ccccc2)cc1. The second-order valence-electron chi connectivity index (χ2n) is 4.97. The van der Waals surface area contributed by atoms with E-state index in [1.54, 1.807) is 0 Å². The Morgan fingerprint density at radius 2 is 1.52 bits per heavy atom. The van der Waals surface area contributed by atoms with Crippen molar-refractivity contribution in [1.29, 1.82) is 0 Å². The number of benzene rings is 2. The highest BCUT2D eigenvalue weighted by Gasteiger charge is 2.29. The zero-order chi connectivity index (χ0) is 15.3. The molecule has 0 aromatic heterocycles. The van der Waals surface area contributed by atoms with Crippen molar-refractivity contribution >= 4 is 11.6 Å². The van der Waals surface area contributed by atoms with E-state index in [0.717, 1.165) is 42.5 Å². The second kappa shape index (κ2) is 6.99. The molecule has 0 bridgehead atoms. The molecule has 0 nitrogen and oxygen atoms in total. The van der Waals surface area contributed by atoms with Gasteiger partial charge in [-0.05, 0) is 42.5 Å². The Kier molecular flexibility index (Phi) is 5.29. The summed E-state index contributed by atoms with van der Waals surface area (Å²) in [5.41, 5.74) is 1.37. The number of aryl methyl sites for hydroxylation is 1. The predicted octanol–water partition coefficient (Wildman–Crippen LogP) is 6.01. The van der Waals surface area contributed by atoms with Gasteiger partial charge < -0.3 is 0 Å². The molecule has 0 saturated carbocycles. The Hall–Kier alpha value is -1.48. The van der Waals surface area contributed by atoms with E-state index in [2.05, 4.69) is 0 Å². The van der Waals surface area contributed by atoms with Crippen LogP contribution in [0.1, 0.15) is 34.9 Å². The molecule has 112 valence electrons. The van der Waals surface area contributed by atoms with Gasteiger partial charge in [-0.3, -0.25) is 0 Å². The van der Waals surface area contributed by atoms with E-state index in [9.17, 15) is 13.2 Å². The molecular weight excluding hydrogens is 297 g/mol. The highest BCUT2D eigenvalue weighted by atomic mass is 35.5. The molecule has 21 heavy (non-hydrogen) atoms. The molecule has 0 amide bonds. The third kappa shape index (κ3) is 4.78. The zero-order valence-corrected chi connectivity index (χ0v) is 12.2. The topological polar surface area (TPSA) is 0 Å². The van der Waals surface area contributed by atoms with E-state index in [1.165, 1.54) is 12.1 Å². The quantitative estimate of drug-likeness (QED) is 0.593. The maximum atomic E-state index is 12.4. The Bertz CT molecular complexity index is 546. The number of hydrogen-bond donors (Lipinski definition) is 0. The first kappa shape index (κ1) is 15.9. The van der Waals surface area contributed by atoms with Gasteiger partial charge in [0.05, 0.1) is 10.9 Å². The normalized spacial score (nSPS) is 13.1. The van der Waals surface area contributed by atoms with Crippen molar-refractivity contribution < 1.29 is 13.2 Å². The largest absolute Gasteiger partial charge is 0.416 e. The van der Waals surface area contributed by atoms with E-state index in [0.29, 0.717) is 0 Å². The van der Waals surface area contributed by atoms with E-state index in [-0.39, 0.29) is 5.38 Å². The zero-order valence-electron chi connectivity index (χ0n) is 11.4. The molecule has 4 heteroatoms. The average Bonchev–Trinajstić information content (AvgIpc) is 2.47. The Balaban J connectivity index is 1.84. The number of halogens is 4. The Labute approximate surface area is 127 Å². The summed E-state index contributed by atoms with van der Waals surface area (Å²) in [5, 5.41) is -0.0550. The molecule has 1 unspecified atom stereocenters. The minimum absolute atomic E-state index is 0.0550. The van der Waals surface area contributed by atoms with Crippen molar-refractivity contribution in [2.24, 2.45) is 0 Å². The van der Waals surface area contributed by atoms with E-state index in [4.69, 9.17) is 11.6 Å². The van der Waals surface area contributed by atoms with Crippen LogP contribution in [-0.2, 0) is 12.6 Å². The first-order valence-corrected chi connectivity index (χ1v) is 7.25. The van der Waals surface area contributed by atoms with Gasteiger partial charge in [-0.15, -0.1) is 11.6 Å². The lowest BCUT2D eigenvalue weighted by Gasteiger charge is -2.10. The highest BCUT2D eigenvalue weighted by molar-refractivity contribution is 6.20. The third-order valence-corrected chi connectivity index (χ3v) is 3.84. The summed E-state index contributed by atoms with van der Waals surface area (Å²) >= 11 is 6.31. The van der Waals surface area contributed by atoms with Gasteiger partial charge in [-0.1, -0.05) is 42.5 Å². The molecule has 2 aromatic rings. The average molecular weight is 313 g/mol. The molecule has 0 radical (unpaired) electrons. The fraction of sp³-hybridized carbons (Fsp3) is 0.294. The molecule has 0 aliphatic heterocycles. The van der Waals surface area contributed by atoms with Gasteiger partial charge in [0.1, 0.15) is 0 Å². The number of hydrogen-bond acceptors (Lipinski definition) is 0. The molecule has 0 fully saturated rings. The summed E-state index contributed by atoms with van der Waals surface area (Å²) < 4.78 is 37.3. The van der Waals surface area contributed by atoms with Gasteiger partial charge in [0.15, 0.2) is 0 Å². The maximum Gasteiger partial charge on any atom is 0.416 e. The molecule has 1 atom stereocenters. The van der Waals surface area contributed by atoms with Crippen LogP contribution in [-0.4, -0.2) is 0 Å². The Morgan fingerprint density at radius 3 is 2.10 bits per heavy atom. The van der Waals surface area contributed by atoms with Crippen LogP contribution in [0.3, 0.4) is 0 Å². The van der Waals surface area contributed by atoms with Crippen molar-refractivity contribution in [3.8, 4) is 0 Å². The summed E-state index contributed by atoms with van der Waals surface area (Å²) in [6, 6.07) is 15.1. The summed E-state index contributed by atoms with van der Waals surface area (Å²) in [6.07, 6.45) is -1.90. The summed E-state index contributed by atoms with van der Waals surface area (Å²) in [5.74, 6) is 0. The molecule has 2 rings (SSSR count). The van der Waals surface area contributed by atoms with Crippen LogP contribution in [0.2, 0.25) is 0 Å². The molecule has 0 aliphatic carbocycles. The second-order valence-corrected chi connectivity index (χ2v) is 5.49. The van der Waals surface area contributed by atoms with Gasteiger partial charge in [0, 0.05) is 0 Å². The maximum absolute atomic E-state index is 12.4. The summed E-state index contributed by atoms with van der Waals surface area (Å²) in [7, 11) is 0. The van der Waals surface area contributed by atoms with Crippen LogP contribution < -0.4 is 0 Å². The molecular formula is C17H16ClF3. The van der Waals surface area contributed by atoms with Crippen molar-refractivity contribution in [3.63, 3.8) is 0 Å². The number of rotatable bonds is 5. The minimum Gasteiger partial charge on any atom is -0.166 e. The van der Waals surface area contributed by atoms with Crippen LogP contribution in [0.4, 0.5) is 13.2 Å². The van der Waals surface area contributed by atoms with Crippen LogP contribution in [0.25, 0.3) is 0 Å². The van der Waals surface area contributed by atoms with Gasteiger partial charge in [0.25, 0.3) is 0 Å². The highest BCUT2D eigenvalue weighted by Crippen LogP contribution is 2.30. The minimum atomic E-state index is -4.27. The van der Waals surface area contributed by atoms with Crippen molar-refractivity contribution in [3.05, 3.63) is 71.3 Å². The van der Waals surface area contributed by atoms with Crippen LogP contribution in [0.15, 0.2) is 54.6 Å². The van der Waals surface area contributed by atoms with Gasteiger partial charge >= 0.3 is 6.18 Å². The van der Waals surface area contributed by atoms with Crippen molar-refractivity contribution in [2.75, 3.05) is 0 Å². The van der Waals surface area contributed by atoms with Gasteiger partial charge in [-0.2, -0.15) is 13.2 Å². The lowest BCUT2D eigenvalue weighted by Crippen LogP contribution is -2.04. The van der Waals surface area contributed by atoms with Crippen LogP contribution in [0, 0.1) is 0 Å². The standard InChI is InChI=1S/C17H16ClF3/c18-16(14-6-2-1-3-7-14)8-4-5-13-9-11-15(12-10-13)17(19,20)21/h1-3,6-7,9-12,16H,4-5,8H2. The lowest BCUT2D eigenvalue weighted by atomic mass is 10.0. The molecule has 0 aliphatic rings. The van der Waals surface area contributed by atoms with Crippen LogP contribution >= 0.6 is 11.6 Å².